The Labute approximate surface area is 169 Å². The van der Waals surface area contributed by atoms with Gasteiger partial charge in [-0.3, -0.25) is 4.79 Å². The molecule has 7 nitrogen and oxygen atoms in total. The van der Waals surface area contributed by atoms with E-state index in [-0.39, 0.29) is 18.2 Å². The zero-order valence-corrected chi connectivity index (χ0v) is 16.5. The number of aromatic nitrogens is 2. The molecule has 1 amide bonds. The fourth-order valence-corrected chi connectivity index (χ4v) is 4.15. The fraction of sp³-hybridized carbons (Fsp3) is 0.545. The molecule has 0 spiro atoms. The van der Waals surface area contributed by atoms with Crippen LogP contribution in [0.25, 0.3) is 0 Å². The van der Waals surface area contributed by atoms with Gasteiger partial charge in [0.1, 0.15) is 6.04 Å². The van der Waals surface area contributed by atoms with Crippen LogP contribution >= 0.6 is 0 Å². The molecular weight excluding hydrogens is 370 g/mol. The number of aliphatic carboxylic acids is 1. The molecule has 2 aliphatic rings. The molecule has 2 aliphatic carbocycles. The maximum atomic E-state index is 12.3. The van der Waals surface area contributed by atoms with Crippen LogP contribution in [0.1, 0.15) is 79.6 Å². The van der Waals surface area contributed by atoms with Gasteiger partial charge in [0, 0.05) is 18.8 Å². The molecule has 29 heavy (non-hydrogen) atoms. The lowest BCUT2D eigenvalue weighted by Gasteiger charge is -2.28. The van der Waals surface area contributed by atoms with Gasteiger partial charge in [-0.15, -0.1) is 0 Å². The largest absolute Gasteiger partial charge is 0.480 e. The SMILES string of the molecule is O=C(CCCc1nc(C2CC2)no1)NC(CC1CCCc2ccccc21)C(=O)O. The van der Waals surface area contributed by atoms with Crippen molar-refractivity contribution in [1.29, 1.82) is 0 Å². The normalized spacial score (nSPS) is 19.4. The van der Waals surface area contributed by atoms with Gasteiger partial charge in [-0.05, 0) is 62.0 Å². The molecule has 2 N–H and O–H groups in total. The number of hydrogen-bond donors (Lipinski definition) is 2. The molecule has 2 unspecified atom stereocenters. The van der Waals surface area contributed by atoms with E-state index >= 15 is 0 Å². The molecule has 1 aromatic carbocycles. The van der Waals surface area contributed by atoms with Crippen molar-refractivity contribution in [1.82, 2.24) is 15.5 Å². The Morgan fingerprint density at radius 2 is 2.07 bits per heavy atom. The summed E-state index contributed by atoms with van der Waals surface area (Å²) in [4.78, 5) is 28.4. The number of nitrogens with one attached hydrogen (secondary N) is 1. The van der Waals surface area contributed by atoms with Crippen LogP contribution in [0, 0.1) is 0 Å². The van der Waals surface area contributed by atoms with Crippen molar-refractivity contribution in [3.8, 4) is 0 Å². The van der Waals surface area contributed by atoms with Crippen molar-refractivity contribution in [3.63, 3.8) is 0 Å². The van der Waals surface area contributed by atoms with Crippen LogP contribution in [0.2, 0.25) is 0 Å². The van der Waals surface area contributed by atoms with Crippen LogP contribution in [-0.4, -0.2) is 33.2 Å². The van der Waals surface area contributed by atoms with Gasteiger partial charge in [0.25, 0.3) is 0 Å². The Morgan fingerprint density at radius 1 is 1.24 bits per heavy atom. The van der Waals surface area contributed by atoms with Gasteiger partial charge >= 0.3 is 5.97 Å². The first kappa shape index (κ1) is 19.6. The minimum Gasteiger partial charge on any atom is -0.480 e. The van der Waals surface area contributed by atoms with Gasteiger partial charge in [-0.2, -0.15) is 4.98 Å². The molecule has 1 heterocycles. The van der Waals surface area contributed by atoms with E-state index in [2.05, 4.69) is 27.6 Å². The van der Waals surface area contributed by atoms with E-state index in [9.17, 15) is 14.7 Å². The Bertz CT molecular complexity index is 874. The maximum Gasteiger partial charge on any atom is 0.326 e. The zero-order valence-electron chi connectivity index (χ0n) is 16.5. The standard InChI is InChI=1S/C22H27N3O4/c26-19(9-4-10-20-24-21(25-29-20)15-11-12-15)23-18(22(27)28)13-16-7-3-6-14-5-1-2-8-17(14)16/h1-2,5,8,15-16,18H,3-4,6-7,9-13H2,(H,23,26)(H,27,28). The van der Waals surface area contributed by atoms with E-state index in [0.717, 1.165) is 37.9 Å². The van der Waals surface area contributed by atoms with Crippen LogP contribution in [0.4, 0.5) is 0 Å². The second-order valence-corrected chi connectivity index (χ2v) is 8.16. The topological polar surface area (TPSA) is 105 Å². The summed E-state index contributed by atoms with van der Waals surface area (Å²) < 4.78 is 5.21. The molecule has 7 heteroatoms. The molecule has 154 valence electrons. The van der Waals surface area contributed by atoms with Gasteiger partial charge < -0.3 is 14.9 Å². The van der Waals surface area contributed by atoms with Crippen molar-refractivity contribution in [2.75, 3.05) is 0 Å². The number of carbonyl (C=O) groups is 2. The Hall–Kier alpha value is -2.70. The zero-order chi connectivity index (χ0) is 20.2. The summed E-state index contributed by atoms with van der Waals surface area (Å²) in [6, 6.07) is 7.35. The quantitative estimate of drug-likeness (QED) is 0.672. The summed E-state index contributed by atoms with van der Waals surface area (Å²) in [5, 5.41) is 16.3. The summed E-state index contributed by atoms with van der Waals surface area (Å²) in [6.45, 7) is 0. The first-order valence-electron chi connectivity index (χ1n) is 10.5. The summed E-state index contributed by atoms with van der Waals surface area (Å²) in [5.41, 5.74) is 2.52. The molecule has 0 aliphatic heterocycles. The molecule has 4 rings (SSSR count). The summed E-state index contributed by atoms with van der Waals surface area (Å²) in [5.74, 6) is 0.699. The number of hydrogen-bond acceptors (Lipinski definition) is 5. The minimum atomic E-state index is -0.979. The molecule has 0 radical (unpaired) electrons. The number of rotatable bonds is 9. The third-order valence-corrected chi connectivity index (χ3v) is 5.87. The maximum absolute atomic E-state index is 12.3. The first-order chi connectivity index (χ1) is 14.1. The van der Waals surface area contributed by atoms with Crippen LogP contribution in [0.15, 0.2) is 28.8 Å². The van der Waals surface area contributed by atoms with Crippen molar-refractivity contribution < 1.29 is 19.2 Å². The number of amides is 1. The predicted molar refractivity (Wildman–Crippen MR) is 106 cm³/mol. The third kappa shape index (κ3) is 5.02. The highest BCUT2D eigenvalue weighted by atomic mass is 16.5. The van der Waals surface area contributed by atoms with E-state index in [1.54, 1.807) is 0 Å². The monoisotopic (exact) mass is 397 g/mol. The number of fused-ring (bicyclic) bond motifs is 1. The Morgan fingerprint density at radius 3 is 2.86 bits per heavy atom. The Balaban J connectivity index is 1.27. The van der Waals surface area contributed by atoms with Gasteiger partial charge in [0.05, 0.1) is 0 Å². The summed E-state index contributed by atoms with van der Waals surface area (Å²) in [7, 11) is 0. The molecule has 1 fully saturated rings. The van der Waals surface area contributed by atoms with Crippen LogP contribution in [0.3, 0.4) is 0 Å². The van der Waals surface area contributed by atoms with E-state index in [4.69, 9.17) is 4.52 Å². The average molecular weight is 397 g/mol. The third-order valence-electron chi connectivity index (χ3n) is 5.87. The predicted octanol–water partition coefficient (Wildman–Crippen LogP) is 3.35. The molecular formula is C22H27N3O4. The number of aryl methyl sites for hydroxylation is 2. The van der Waals surface area contributed by atoms with Crippen LogP contribution in [0.5, 0.6) is 0 Å². The second-order valence-electron chi connectivity index (χ2n) is 8.16. The molecule has 0 saturated heterocycles. The van der Waals surface area contributed by atoms with Crippen LogP contribution < -0.4 is 5.32 Å². The van der Waals surface area contributed by atoms with Gasteiger partial charge in [-0.25, -0.2) is 4.79 Å². The molecule has 1 aromatic heterocycles. The minimum absolute atomic E-state index is 0.167. The summed E-state index contributed by atoms with van der Waals surface area (Å²) in [6.07, 6.45) is 7.02. The van der Waals surface area contributed by atoms with Crippen LogP contribution in [-0.2, 0) is 22.4 Å². The van der Waals surface area contributed by atoms with Crippen molar-refractivity contribution >= 4 is 11.9 Å². The van der Waals surface area contributed by atoms with Gasteiger partial charge in [0.2, 0.25) is 11.8 Å². The Kier molecular flexibility index (Phi) is 5.92. The highest BCUT2D eigenvalue weighted by molar-refractivity contribution is 5.83. The number of benzene rings is 1. The second kappa shape index (κ2) is 8.76. The number of carbonyl (C=O) groups excluding carboxylic acids is 1. The molecule has 2 atom stereocenters. The number of carboxylic acid groups (broad SMARTS) is 1. The van der Waals surface area contributed by atoms with Gasteiger partial charge in [-0.1, -0.05) is 29.4 Å². The molecule has 0 bridgehead atoms. The average Bonchev–Trinajstić information content (AvgIpc) is 3.46. The highest BCUT2D eigenvalue weighted by Gasteiger charge is 2.29. The lowest BCUT2D eigenvalue weighted by Crippen LogP contribution is -2.42. The van der Waals surface area contributed by atoms with E-state index in [1.165, 1.54) is 11.1 Å². The molecule has 1 saturated carbocycles. The summed E-state index contributed by atoms with van der Waals surface area (Å²) >= 11 is 0. The fourth-order valence-electron chi connectivity index (χ4n) is 4.15. The van der Waals surface area contributed by atoms with E-state index < -0.39 is 12.0 Å². The van der Waals surface area contributed by atoms with E-state index in [0.29, 0.717) is 31.1 Å². The van der Waals surface area contributed by atoms with Crippen molar-refractivity contribution in [3.05, 3.63) is 47.1 Å². The lowest BCUT2D eigenvalue weighted by atomic mass is 9.79. The highest BCUT2D eigenvalue weighted by Crippen LogP contribution is 2.38. The van der Waals surface area contributed by atoms with Gasteiger partial charge in [0.15, 0.2) is 5.82 Å². The van der Waals surface area contributed by atoms with Crippen molar-refractivity contribution in [2.24, 2.45) is 0 Å². The number of carboxylic acids is 1. The molecule has 2 aromatic rings. The lowest BCUT2D eigenvalue weighted by molar-refractivity contribution is -0.142. The van der Waals surface area contributed by atoms with E-state index in [1.807, 2.05) is 12.1 Å². The first-order valence-corrected chi connectivity index (χ1v) is 10.5. The number of nitrogens with zero attached hydrogens (tertiary/aromatic N) is 2. The smallest absolute Gasteiger partial charge is 0.326 e. The van der Waals surface area contributed by atoms with Crippen molar-refractivity contribution in [2.45, 2.75) is 75.7 Å².